The lowest BCUT2D eigenvalue weighted by Gasteiger charge is -2.15. The molecular weight excluding hydrogens is 222 g/mol. The maximum atomic E-state index is 11.0. The molecule has 0 saturated carbocycles. The van der Waals surface area contributed by atoms with Crippen molar-refractivity contribution in [1.29, 1.82) is 0 Å². The summed E-state index contributed by atoms with van der Waals surface area (Å²) in [4.78, 5) is 12.8. The van der Waals surface area contributed by atoms with E-state index in [0.29, 0.717) is 6.54 Å². The average molecular weight is 231 g/mol. The molecule has 1 aromatic carbocycles. The number of fused-ring (bicyclic) bond motifs is 1. The fraction of sp³-hybridized carbons (Fsp3) is 0.182. The van der Waals surface area contributed by atoms with E-state index in [2.05, 4.69) is 14.9 Å². The highest BCUT2D eigenvalue weighted by atomic mass is 16.6. The normalized spacial score (nSPS) is 13.8. The minimum Gasteiger partial charge on any atom is -0.476 e. The van der Waals surface area contributed by atoms with Crippen LogP contribution in [0.3, 0.4) is 0 Å². The molecule has 0 saturated heterocycles. The van der Waals surface area contributed by atoms with Crippen molar-refractivity contribution in [1.82, 2.24) is 10.3 Å². The van der Waals surface area contributed by atoms with E-state index in [9.17, 15) is 4.79 Å². The number of nitrogens with zero attached hydrogens (tertiary/aromatic N) is 3. The predicted octanol–water partition coefficient (Wildman–Crippen LogP) is 1.46. The molecule has 1 aliphatic heterocycles. The third kappa shape index (κ3) is 1.45. The van der Waals surface area contributed by atoms with Gasteiger partial charge in [0.15, 0.2) is 0 Å². The van der Waals surface area contributed by atoms with Gasteiger partial charge in [0, 0.05) is 12.2 Å². The molecule has 17 heavy (non-hydrogen) atoms. The van der Waals surface area contributed by atoms with Gasteiger partial charge in [-0.15, -0.1) is 0 Å². The maximum absolute atomic E-state index is 11.0. The van der Waals surface area contributed by atoms with Gasteiger partial charge in [-0.2, -0.15) is 0 Å². The Kier molecular flexibility index (Phi) is 2.07. The van der Waals surface area contributed by atoms with Gasteiger partial charge in [0.1, 0.15) is 0 Å². The minimum atomic E-state index is -1.13. The van der Waals surface area contributed by atoms with E-state index in [4.69, 9.17) is 5.11 Å². The first kappa shape index (κ1) is 9.83. The summed E-state index contributed by atoms with van der Waals surface area (Å²) in [6, 6.07) is 7.82. The lowest BCUT2D eigenvalue weighted by Crippen LogP contribution is -2.17. The first-order valence-corrected chi connectivity index (χ1v) is 5.18. The Morgan fingerprint density at radius 1 is 1.35 bits per heavy atom. The summed E-state index contributed by atoms with van der Waals surface area (Å²) in [5.74, 6) is -0.868. The molecule has 0 bridgehead atoms. The van der Waals surface area contributed by atoms with E-state index < -0.39 is 5.97 Å². The van der Waals surface area contributed by atoms with E-state index >= 15 is 0 Å². The van der Waals surface area contributed by atoms with Crippen molar-refractivity contribution in [3.63, 3.8) is 0 Å². The fourth-order valence-corrected chi connectivity index (χ4v) is 2.05. The average Bonchev–Trinajstić information content (AvgIpc) is 2.94. The second kappa shape index (κ2) is 3.58. The molecule has 0 radical (unpaired) electrons. The summed E-state index contributed by atoms with van der Waals surface area (Å²) < 4.78 is 4.51. The largest absolute Gasteiger partial charge is 0.476 e. The van der Waals surface area contributed by atoms with Crippen LogP contribution in [0.15, 0.2) is 28.9 Å². The number of para-hydroxylation sites is 1. The summed E-state index contributed by atoms with van der Waals surface area (Å²) in [7, 11) is 0. The van der Waals surface area contributed by atoms with Crippen molar-refractivity contribution < 1.29 is 14.5 Å². The second-order valence-corrected chi connectivity index (χ2v) is 3.77. The van der Waals surface area contributed by atoms with Gasteiger partial charge < -0.3 is 10.0 Å². The van der Waals surface area contributed by atoms with Crippen molar-refractivity contribution in [2.24, 2.45) is 0 Å². The number of hydrogen-bond donors (Lipinski definition) is 1. The number of aromatic carboxylic acids is 1. The lowest BCUT2D eigenvalue weighted by molar-refractivity contribution is 0.0685. The molecule has 0 aliphatic carbocycles. The third-order valence-electron chi connectivity index (χ3n) is 2.82. The SMILES string of the molecule is O=C(O)c1nonc1N1CCc2ccccc21. The van der Waals surface area contributed by atoms with Gasteiger partial charge in [-0.25, -0.2) is 9.42 Å². The Bertz CT molecular complexity index is 579. The number of carboxylic acid groups (broad SMARTS) is 1. The van der Waals surface area contributed by atoms with Crippen molar-refractivity contribution in [3.8, 4) is 0 Å². The van der Waals surface area contributed by atoms with Crippen LogP contribution in [0, 0.1) is 0 Å². The number of carbonyl (C=O) groups is 1. The molecule has 1 aromatic heterocycles. The van der Waals surface area contributed by atoms with Crippen LogP contribution in [0.1, 0.15) is 16.1 Å². The summed E-state index contributed by atoms with van der Waals surface area (Å²) >= 11 is 0. The third-order valence-corrected chi connectivity index (χ3v) is 2.82. The van der Waals surface area contributed by atoms with Gasteiger partial charge in [0.2, 0.25) is 11.5 Å². The van der Waals surface area contributed by atoms with Crippen molar-refractivity contribution in [2.75, 3.05) is 11.4 Å². The van der Waals surface area contributed by atoms with Gasteiger partial charge in [-0.3, -0.25) is 0 Å². The second-order valence-electron chi connectivity index (χ2n) is 3.77. The van der Waals surface area contributed by atoms with Crippen LogP contribution in [0.2, 0.25) is 0 Å². The molecule has 0 unspecified atom stereocenters. The van der Waals surface area contributed by atoms with Crippen LogP contribution in [-0.4, -0.2) is 27.9 Å². The first-order valence-electron chi connectivity index (χ1n) is 5.18. The summed E-state index contributed by atoms with van der Waals surface area (Å²) in [6.07, 6.45) is 0.863. The molecule has 0 spiro atoms. The highest BCUT2D eigenvalue weighted by Gasteiger charge is 2.28. The number of hydrogen-bond acceptors (Lipinski definition) is 5. The zero-order valence-corrected chi connectivity index (χ0v) is 8.83. The van der Waals surface area contributed by atoms with E-state index in [-0.39, 0.29) is 11.5 Å². The highest BCUT2D eigenvalue weighted by Crippen LogP contribution is 2.34. The lowest BCUT2D eigenvalue weighted by atomic mass is 10.2. The van der Waals surface area contributed by atoms with Crippen LogP contribution in [0.4, 0.5) is 11.5 Å². The molecule has 86 valence electrons. The molecular formula is C11H9N3O3. The standard InChI is InChI=1S/C11H9N3O3/c15-11(16)9-10(13-17-12-9)14-6-5-7-3-1-2-4-8(7)14/h1-4H,5-6H2,(H,15,16). The molecule has 0 amide bonds. The Morgan fingerprint density at radius 2 is 2.18 bits per heavy atom. The van der Waals surface area contributed by atoms with Crippen LogP contribution < -0.4 is 4.90 Å². The summed E-state index contributed by atoms with van der Waals surface area (Å²) in [6.45, 7) is 0.688. The zero-order chi connectivity index (χ0) is 11.8. The number of rotatable bonds is 2. The van der Waals surface area contributed by atoms with E-state index in [1.54, 1.807) is 0 Å². The van der Waals surface area contributed by atoms with Gasteiger partial charge in [0.25, 0.3) is 0 Å². The molecule has 2 heterocycles. The van der Waals surface area contributed by atoms with Crippen LogP contribution in [0.5, 0.6) is 0 Å². The number of aromatic nitrogens is 2. The molecule has 1 N–H and O–H groups in total. The van der Waals surface area contributed by atoms with Crippen molar-refractivity contribution >= 4 is 17.5 Å². The quantitative estimate of drug-likeness (QED) is 0.842. The minimum absolute atomic E-state index is 0.151. The monoisotopic (exact) mass is 231 g/mol. The first-order chi connectivity index (χ1) is 8.27. The predicted molar refractivity (Wildman–Crippen MR) is 58.4 cm³/mol. The Labute approximate surface area is 96.4 Å². The van der Waals surface area contributed by atoms with Gasteiger partial charge in [-0.1, -0.05) is 18.2 Å². The van der Waals surface area contributed by atoms with E-state index in [1.807, 2.05) is 29.2 Å². The summed E-state index contributed by atoms with van der Waals surface area (Å²) in [5.41, 5.74) is 1.99. The fourth-order valence-electron chi connectivity index (χ4n) is 2.05. The highest BCUT2D eigenvalue weighted by molar-refractivity contribution is 5.92. The molecule has 1 aliphatic rings. The zero-order valence-electron chi connectivity index (χ0n) is 8.83. The maximum Gasteiger partial charge on any atom is 0.362 e. The van der Waals surface area contributed by atoms with Crippen LogP contribution >= 0.6 is 0 Å². The molecule has 6 heteroatoms. The molecule has 0 atom stereocenters. The topological polar surface area (TPSA) is 79.5 Å². The van der Waals surface area contributed by atoms with Crippen LogP contribution in [-0.2, 0) is 6.42 Å². The van der Waals surface area contributed by atoms with Crippen molar-refractivity contribution in [2.45, 2.75) is 6.42 Å². The molecule has 2 aromatic rings. The number of anilines is 2. The van der Waals surface area contributed by atoms with E-state index in [1.165, 1.54) is 5.56 Å². The molecule has 3 rings (SSSR count). The Balaban J connectivity index is 2.07. The van der Waals surface area contributed by atoms with Gasteiger partial charge in [-0.05, 0) is 28.4 Å². The van der Waals surface area contributed by atoms with Crippen LogP contribution in [0.25, 0.3) is 0 Å². The van der Waals surface area contributed by atoms with Gasteiger partial charge >= 0.3 is 5.97 Å². The smallest absolute Gasteiger partial charge is 0.362 e. The number of benzene rings is 1. The molecule has 6 nitrogen and oxygen atoms in total. The van der Waals surface area contributed by atoms with Gasteiger partial charge in [0.05, 0.1) is 0 Å². The van der Waals surface area contributed by atoms with Crippen molar-refractivity contribution in [3.05, 3.63) is 35.5 Å². The Hall–Kier alpha value is -2.37. The summed E-state index contributed by atoms with van der Waals surface area (Å²) in [5, 5.41) is 16.1. The molecule has 0 fully saturated rings. The Morgan fingerprint density at radius 3 is 3.00 bits per heavy atom. The number of carboxylic acids is 1. The van der Waals surface area contributed by atoms with E-state index in [0.717, 1.165) is 12.1 Å².